The van der Waals surface area contributed by atoms with Crippen molar-refractivity contribution in [2.24, 2.45) is 17.8 Å². The van der Waals surface area contributed by atoms with Crippen molar-refractivity contribution in [3.63, 3.8) is 0 Å². The van der Waals surface area contributed by atoms with E-state index < -0.39 is 41.0 Å². The molecule has 0 heterocycles. The number of benzene rings is 3. The van der Waals surface area contributed by atoms with Gasteiger partial charge >= 0.3 is 0 Å². The molecule has 0 saturated heterocycles. The summed E-state index contributed by atoms with van der Waals surface area (Å²) in [5.41, 5.74) is 3.76. The average molecular weight is 629 g/mol. The molecule has 46 heavy (non-hydrogen) atoms. The van der Waals surface area contributed by atoms with Crippen LogP contribution in [0, 0.1) is 45.4 Å². The summed E-state index contributed by atoms with van der Waals surface area (Å²) in [7, 11) is 0. The summed E-state index contributed by atoms with van der Waals surface area (Å²) in [5, 5.41) is 17.8. The maximum absolute atomic E-state index is 14.3. The number of carbonyl (C=O) groups excluding carboxylic acids is 3. The van der Waals surface area contributed by atoms with Crippen molar-refractivity contribution in [1.82, 2.24) is 0 Å². The second-order valence-corrected chi connectivity index (χ2v) is 13.1. The van der Waals surface area contributed by atoms with E-state index in [4.69, 9.17) is 9.47 Å². The quantitative estimate of drug-likeness (QED) is 0.196. The molecule has 0 radical (unpaired) electrons. The smallest absolute Gasteiger partial charge is 0.235 e. The maximum Gasteiger partial charge on any atom is 0.235 e. The highest BCUT2D eigenvalue weighted by molar-refractivity contribution is 6.10. The van der Waals surface area contributed by atoms with Gasteiger partial charge in [0.05, 0.1) is 24.7 Å². The SMILES string of the molecule is CCOc1ccc(C2C(C(=O)Nc3cccc(C)c3C)C(=O)CC(C)(O)C2C(=O)Nc2cccc(C)c2C)cc1OCCC(C)C. The first kappa shape index (κ1) is 34.7. The zero-order valence-corrected chi connectivity index (χ0v) is 28.3. The van der Waals surface area contributed by atoms with Gasteiger partial charge < -0.3 is 25.2 Å². The molecule has 0 aliphatic heterocycles. The van der Waals surface area contributed by atoms with Gasteiger partial charge in [-0.3, -0.25) is 14.4 Å². The molecule has 3 N–H and O–H groups in total. The first-order valence-corrected chi connectivity index (χ1v) is 16.1. The third kappa shape index (κ3) is 7.61. The van der Waals surface area contributed by atoms with E-state index in [1.54, 1.807) is 30.3 Å². The summed E-state index contributed by atoms with van der Waals surface area (Å²) in [4.78, 5) is 42.4. The van der Waals surface area contributed by atoms with Crippen LogP contribution in [0.5, 0.6) is 11.5 Å². The van der Waals surface area contributed by atoms with Crippen LogP contribution < -0.4 is 20.1 Å². The van der Waals surface area contributed by atoms with E-state index in [1.807, 2.05) is 58.9 Å². The number of anilines is 2. The number of aliphatic hydroxyl groups is 1. The van der Waals surface area contributed by atoms with Crippen molar-refractivity contribution >= 4 is 29.0 Å². The van der Waals surface area contributed by atoms with Crippen LogP contribution in [-0.4, -0.2) is 41.5 Å². The van der Waals surface area contributed by atoms with Crippen molar-refractivity contribution < 1.29 is 29.0 Å². The largest absolute Gasteiger partial charge is 0.490 e. The molecular formula is C38H48N2O6. The Balaban J connectivity index is 1.85. The number of carbonyl (C=O) groups is 3. The van der Waals surface area contributed by atoms with Gasteiger partial charge in [-0.1, -0.05) is 44.2 Å². The minimum atomic E-state index is -1.74. The van der Waals surface area contributed by atoms with Gasteiger partial charge in [-0.15, -0.1) is 0 Å². The Kier molecular flexibility index (Phi) is 10.9. The van der Waals surface area contributed by atoms with Crippen molar-refractivity contribution in [1.29, 1.82) is 0 Å². The van der Waals surface area contributed by atoms with Gasteiger partial charge in [0.1, 0.15) is 11.7 Å². The Labute approximate surface area is 272 Å². The lowest BCUT2D eigenvalue weighted by Gasteiger charge is -2.44. The van der Waals surface area contributed by atoms with Crippen molar-refractivity contribution in [2.75, 3.05) is 23.8 Å². The van der Waals surface area contributed by atoms with Crippen LogP contribution in [0.25, 0.3) is 0 Å². The Bertz CT molecular complexity index is 1590. The van der Waals surface area contributed by atoms with E-state index in [2.05, 4.69) is 24.5 Å². The zero-order valence-electron chi connectivity index (χ0n) is 28.3. The average Bonchev–Trinajstić information content (AvgIpc) is 2.97. The molecule has 1 aliphatic rings. The molecule has 1 fully saturated rings. The standard InChI is InChI=1S/C38H48N2O6/c1-9-45-31-17-16-27(20-32(31)46-19-18-22(2)3)33-34(36(42)39-28-14-10-12-23(4)25(28)6)30(41)21-38(8,44)35(33)37(43)40-29-15-11-13-24(5)26(29)7/h10-17,20,22,33-35,44H,9,18-19,21H2,1-8H3,(H,39,42)(H,40,43). The lowest BCUT2D eigenvalue weighted by Crippen LogP contribution is -2.56. The van der Waals surface area contributed by atoms with Gasteiger partial charge in [0.15, 0.2) is 11.5 Å². The summed E-state index contributed by atoms with van der Waals surface area (Å²) in [6.07, 6.45) is 0.461. The van der Waals surface area contributed by atoms with Crippen LogP contribution in [0.1, 0.15) is 74.3 Å². The second kappa shape index (κ2) is 14.5. The predicted octanol–water partition coefficient (Wildman–Crippen LogP) is 7.06. The van der Waals surface area contributed by atoms with E-state index in [0.29, 0.717) is 47.6 Å². The fourth-order valence-corrected chi connectivity index (χ4v) is 6.21. The van der Waals surface area contributed by atoms with Gasteiger partial charge in [0.2, 0.25) is 11.8 Å². The first-order valence-electron chi connectivity index (χ1n) is 16.1. The number of amides is 2. The Hall–Kier alpha value is -4.17. The summed E-state index contributed by atoms with van der Waals surface area (Å²) in [6, 6.07) is 16.5. The Morgan fingerprint density at radius 3 is 2.04 bits per heavy atom. The zero-order chi connectivity index (χ0) is 33.8. The lowest BCUT2D eigenvalue weighted by atomic mass is 9.61. The summed E-state index contributed by atoms with van der Waals surface area (Å²) < 4.78 is 12.0. The highest BCUT2D eigenvalue weighted by Crippen LogP contribution is 2.48. The van der Waals surface area contributed by atoms with Crippen LogP contribution in [-0.2, 0) is 14.4 Å². The summed E-state index contributed by atoms with van der Waals surface area (Å²) >= 11 is 0. The number of aryl methyl sites for hydroxylation is 2. The second-order valence-electron chi connectivity index (χ2n) is 13.1. The number of hydrogen-bond acceptors (Lipinski definition) is 6. The molecule has 4 atom stereocenters. The lowest BCUT2D eigenvalue weighted by molar-refractivity contribution is -0.150. The number of ketones is 1. The van der Waals surface area contributed by atoms with Crippen LogP contribution in [0.2, 0.25) is 0 Å². The van der Waals surface area contributed by atoms with Crippen LogP contribution in [0.4, 0.5) is 11.4 Å². The van der Waals surface area contributed by atoms with Crippen LogP contribution >= 0.6 is 0 Å². The molecule has 2 amide bonds. The van der Waals surface area contributed by atoms with E-state index in [0.717, 1.165) is 28.7 Å². The van der Waals surface area contributed by atoms with Crippen molar-refractivity contribution in [2.45, 2.75) is 79.8 Å². The molecule has 0 spiro atoms. The van der Waals surface area contributed by atoms with Gasteiger partial charge in [-0.2, -0.15) is 0 Å². The summed E-state index contributed by atoms with van der Waals surface area (Å²) in [5.74, 6) is -3.45. The maximum atomic E-state index is 14.3. The molecule has 246 valence electrons. The normalized spacial score (nSPS) is 21.2. The number of nitrogens with one attached hydrogen (secondary N) is 2. The molecule has 0 aromatic heterocycles. The Morgan fingerprint density at radius 2 is 1.48 bits per heavy atom. The number of hydrogen-bond donors (Lipinski definition) is 3. The van der Waals surface area contributed by atoms with E-state index in [9.17, 15) is 19.5 Å². The predicted molar refractivity (Wildman–Crippen MR) is 182 cm³/mol. The van der Waals surface area contributed by atoms with Crippen molar-refractivity contribution in [3.05, 3.63) is 82.4 Å². The highest BCUT2D eigenvalue weighted by Gasteiger charge is 2.56. The highest BCUT2D eigenvalue weighted by atomic mass is 16.5. The molecule has 3 aromatic rings. The Morgan fingerprint density at radius 1 is 0.891 bits per heavy atom. The van der Waals surface area contributed by atoms with E-state index >= 15 is 0 Å². The molecular weight excluding hydrogens is 580 g/mol. The fourth-order valence-electron chi connectivity index (χ4n) is 6.21. The van der Waals surface area contributed by atoms with Gasteiger partial charge in [-0.25, -0.2) is 0 Å². The van der Waals surface area contributed by atoms with Gasteiger partial charge in [-0.05, 0) is 106 Å². The van der Waals surface area contributed by atoms with Gasteiger partial charge in [0.25, 0.3) is 0 Å². The first-order chi connectivity index (χ1) is 21.7. The number of Topliss-reactive ketones (excluding diaryl/α,β-unsaturated/α-hetero) is 1. The molecule has 8 heteroatoms. The van der Waals surface area contributed by atoms with Gasteiger partial charge in [0, 0.05) is 23.7 Å². The third-order valence-electron chi connectivity index (χ3n) is 9.16. The molecule has 1 aliphatic carbocycles. The molecule has 3 aromatic carbocycles. The number of ether oxygens (including phenoxy) is 2. The molecule has 0 bridgehead atoms. The van der Waals surface area contributed by atoms with E-state index in [-0.39, 0.29) is 6.42 Å². The fraction of sp³-hybridized carbons (Fsp3) is 0.447. The molecule has 4 unspecified atom stereocenters. The van der Waals surface area contributed by atoms with Crippen LogP contribution in [0.3, 0.4) is 0 Å². The molecule has 4 rings (SSSR count). The minimum Gasteiger partial charge on any atom is -0.490 e. The van der Waals surface area contributed by atoms with Crippen molar-refractivity contribution in [3.8, 4) is 11.5 Å². The van der Waals surface area contributed by atoms with Crippen LogP contribution in [0.15, 0.2) is 54.6 Å². The molecule has 1 saturated carbocycles. The minimum absolute atomic E-state index is 0.353. The topological polar surface area (TPSA) is 114 Å². The monoisotopic (exact) mass is 628 g/mol. The summed E-state index contributed by atoms with van der Waals surface area (Å²) in [6.45, 7) is 16.2. The molecule has 8 nitrogen and oxygen atoms in total. The third-order valence-corrected chi connectivity index (χ3v) is 9.16. The van der Waals surface area contributed by atoms with E-state index in [1.165, 1.54) is 6.92 Å². The number of rotatable bonds is 11.